The van der Waals surface area contributed by atoms with Gasteiger partial charge in [-0.3, -0.25) is 0 Å². The monoisotopic (exact) mass is 405 g/mol. The van der Waals surface area contributed by atoms with Crippen molar-refractivity contribution in [1.29, 1.82) is 0 Å². The van der Waals surface area contributed by atoms with E-state index in [2.05, 4.69) is 9.46 Å². The minimum atomic E-state index is -4.85. The van der Waals surface area contributed by atoms with Gasteiger partial charge in [0.1, 0.15) is 17.2 Å². The van der Waals surface area contributed by atoms with Crippen LogP contribution in [0.25, 0.3) is 0 Å². The van der Waals surface area contributed by atoms with Crippen LogP contribution in [0.15, 0.2) is 47.4 Å². The van der Waals surface area contributed by atoms with Crippen molar-refractivity contribution in [3.63, 3.8) is 0 Å². The molecule has 0 aliphatic heterocycles. The fraction of sp³-hybridized carbons (Fsp3) is 0.294. The molecular weight excluding hydrogens is 387 g/mol. The van der Waals surface area contributed by atoms with Gasteiger partial charge in [-0.2, -0.15) is 0 Å². The van der Waals surface area contributed by atoms with Crippen molar-refractivity contribution in [2.75, 3.05) is 14.2 Å². The van der Waals surface area contributed by atoms with Crippen molar-refractivity contribution in [1.82, 2.24) is 4.72 Å². The zero-order valence-corrected chi connectivity index (χ0v) is 15.5. The maximum Gasteiger partial charge on any atom is 0.573 e. The summed E-state index contributed by atoms with van der Waals surface area (Å²) in [5.74, 6) is 0.467. The van der Waals surface area contributed by atoms with Crippen molar-refractivity contribution >= 4 is 10.0 Å². The lowest BCUT2D eigenvalue weighted by Crippen LogP contribution is -2.27. The quantitative estimate of drug-likeness (QED) is 0.761. The number of nitrogens with one attached hydrogen (secondary N) is 1. The Balaban J connectivity index is 2.23. The summed E-state index contributed by atoms with van der Waals surface area (Å²) in [7, 11) is -1.07. The Hall–Kier alpha value is -2.46. The lowest BCUT2D eigenvalue weighted by Gasteiger charge is -2.18. The SMILES string of the molecule is COc1ccc(OC)c([C@@H](C)NS(=O)(=O)c2ccc(OC(F)(F)F)cc2)c1. The number of rotatable bonds is 7. The third kappa shape index (κ3) is 5.51. The molecule has 0 saturated heterocycles. The number of benzene rings is 2. The van der Waals surface area contributed by atoms with Gasteiger partial charge in [-0.25, -0.2) is 13.1 Å². The average molecular weight is 405 g/mol. The molecule has 0 radical (unpaired) electrons. The molecule has 27 heavy (non-hydrogen) atoms. The van der Waals surface area contributed by atoms with E-state index >= 15 is 0 Å². The molecular formula is C17H18F3NO5S. The van der Waals surface area contributed by atoms with E-state index in [-0.39, 0.29) is 4.90 Å². The summed E-state index contributed by atoms with van der Waals surface area (Å²) in [6.07, 6.45) is -4.85. The molecule has 0 spiro atoms. The first-order valence-electron chi connectivity index (χ1n) is 7.66. The van der Waals surface area contributed by atoms with Crippen LogP contribution in [0.3, 0.4) is 0 Å². The maximum absolute atomic E-state index is 12.5. The first-order chi connectivity index (χ1) is 12.6. The van der Waals surface area contributed by atoms with Crippen LogP contribution in [0.4, 0.5) is 13.2 Å². The minimum Gasteiger partial charge on any atom is -0.497 e. The van der Waals surface area contributed by atoms with E-state index in [1.54, 1.807) is 25.1 Å². The molecule has 148 valence electrons. The molecule has 1 N–H and O–H groups in total. The Bertz CT molecular complexity index is 882. The van der Waals surface area contributed by atoms with Gasteiger partial charge in [0.25, 0.3) is 0 Å². The maximum atomic E-state index is 12.5. The van der Waals surface area contributed by atoms with Gasteiger partial charge in [-0.05, 0) is 49.4 Å². The van der Waals surface area contributed by atoms with Gasteiger partial charge >= 0.3 is 6.36 Å². The Kier molecular flexibility index (Phi) is 6.22. The largest absolute Gasteiger partial charge is 0.573 e. The van der Waals surface area contributed by atoms with Crippen LogP contribution < -0.4 is 18.9 Å². The van der Waals surface area contributed by atoms with Gasteiger partial charge in [0, 0.05) is 11.6 Å². The average Bonchev–Trinajstić information content (AvgIpc) is 2.59. The summed E-state index contributed by atoms with van der Waals surface area (Å²) < 4.78 is 78.2. The van der Waals surface area contributed by atoms with Crippen molar-refractivity contribution in [2.45, 2.75) is 24.2 Å². The Morgan fingerprint density at radius 2 is 1.56 bits per heavy atom. The lowest BCUT2D eigenvalue weighted by molar-refractivity contribution is -0.274. The van der Waals surface area contributed by atoms with Gasteiger partial charge in [-0.15, -0.1) is 13.2 Å². The molecule has 0 heterocycles. The lowest BCUT2D eigenvalue weighted by atomic mass is 10.1. The third-order valence-corrected chi connectivity index (χ3v) is 5.16. The van der Waals surface area contributed by atoms with Crippen LogP contribution in [0.2, 0.25) is 0 Å². The topological polar surface area (TPSA) is 73.9 Å². The molecule has 1 atom stereocenters. The van der Waals surface area contributed by atoms with Gasteiger partial charge in [0.2, 0.25) is 10.0 Å². The summed E-state index contributed by atoms with van der Waals surface area (Å²) in [4.78, 5) is -0.203. The molecule has 2 aromatic rings. The molecule has 0 fully saturated rings. The summed E-state index contributed by atoms with van der Waals surface area (Å²) in [5, 5.41) is 0. The fourth-order valence-electron chi connectivity index (χ4n) is 2.36. The van der Waals surface area contributed by atoms with E-state index in [1.807, 2.05) is 0 Å². The number of sulfonamides is 1. The highest BCUT2D eigenvalue weighted by molar-refractivity contribution is 7.89. The molecule has 0 aliphatic carbocycles. The minimum absolute atomic E-state index is 0.203. The highest BCUT2D eigenvalue weighted by Crippen LogP contribution is 2.30. The number of alkyl halides is 3. The molecule has 2 aromatic carbocycles. The van der Waals surface area contributed by atoms with Crippen molar-refractivity contribution in [3.05, 3.63) is 48.0 Å². The van der Waals surface area contributed by atoms with Crippen molar-refractivity contribution < 1.29 is 35.8 Å². The molecule has 10 heteroatoms. The van der Waals surface area contributed by atoms with Gasteiger partial charge < -0.3 is 14.2 Å². The molecule has 0 saturated carbocycles. The highest BCUT2D eigenvalue weighted by atomic mass is 32.2. The second-order valence-corrected chi connectivity index (χ2v) is 7.18. The van der Waals surface area contributed by atoms with Crippen molar-refractivity contribution in [2.24, 2.45) is 0 Å². The summed E-state index contributed by atoms with van der Waals surface area (Å²) in [6, 6.07) is 8.17. The fourth-order valence-corrected chi connectivity index (χ4v) is 3.59. The van der Waals surface area contributed by atoms with E-state index in [9.17, 15) is 21.6 Å². The molecule has 0 unspecified atom stereocenters. The number of methoxy groups -OCH3 is 2. The zero-order chi connectivity index (χ0) is 20.2. The van der Waals surface area contributed by atoms with Crippen LogP contribution in [-0.4, -0.2) is 29.0 Å². The summed E-state index contributed by atoms with van der Waals surface area (Å²) in [5.41, 5.74) is 0.539. The standard InChI is InChI=1S/C17H18F3NO5S/c1-11(15-10-13(24-2)6-9-16(15)25-3)21-27(22,23)14-7-4-12(5-8-14)26-17(18,19)20/h4-11,21H,1-3H3/t11-/m1/s1. The number of hydrogen-bond acceptors (Lipinski definition) is 5. The highest BCUT2D eigenvalue weighted by Gasteiger charge is 2.31. The molecule has 2 rings (SSSR count). The Morgan fingerprint density at radius 3 is 2.07 bits per heavy atom. The number of ether oxygens (including phenoxy) is 3. The third-order valence-electron chi connectivity index (χ3n) is 3.60. The van der Waals surface area contributed by atoms with Crippen LogP contribution >= 0.6 is 0 Å². The summed E-state index contributed by atoms with van der Waals surface area (Å²) >= 11 is 0. The van der Waals surface area contributed by atoms with Gasteiger partial charge in [0.05, 0.1) is 19.1 Å². The van der Waals surface area contributed by atoms with E-state index in [0.717, 1.165) is 24.3 Å². The first-order valence-corrected chi connectivity index (χ1v) is 9.14. The van der Waals surface area contributed by atoms with Gasteiger partial charge in [-0.1, -0.05) is 0 Å². The zero-order valence-electron chi connectivity index (χ0n) is 14.7. The number of halogens is 3. The normalized spacial score (nSPS) is 13.1. The second-order valence-electron chi connectivity index (χ2n) is 5.47. The van der Waals surface area contributed by atoms with E-state index in [4.69, 9.17) is 9.47 Å². The van der Waals surface area contributed by atoms with Crippen LogP contribution in [0.1, 0.15) is 18.5 Å². The second kappa shape index (κ2) is 8.05. The van der Waals surface area contributed by atoms with Gasteiger partial charge in [0.15, 0.2) is 0 Å². The van der Waals surface area contributed by atoms with E-state index in [0.29, 0.717) is 17.1 Å². The first kappa shape index (κ1) is 20.8. The van der Waals surface area contributed by atoms with Crippen LogP contribution in [-0.2, 0) is 10.0 Å². The Morgan fingerprint density at radius 1 is 0.963 bits per heavy atom. The number of hydrogen-bond donors (Lipinski definition) is 1. The Labute approximate surface area is 154 Å². The molecule has 6 nitrogen and oxygen atoms in total. The molecule has 0 aliphatic rings. The predicted octanol–water partition coefficient (Wildman–Crippen LogP) is 3.64. The van der Waals surface area contributed by atoms with Crippen LogP contribution in [0.5, 0.6) is 17.2 Å². The molecule has 0 amide bonds. The predicted molar refractivity (Wildman–Crippen MR) is 91.4 cm³/mol. The summed E-state index contributed by atoms with van der Waals surface area (Å²) in [6.45, 7) is 1.61. The van der Waals surface area contributed by atoms with E-state index < -0.39 is 28.2 Å². The molecule has 0 aromatic heterocycles. The van der Waals surface area contributed by atoms with Crippen molar-refractivity contribution in [3.8, 4) is 17.2 Å². The van der Waals surface area contributed by atoms with E-state index in [1.165, 1.54) is 14.2 Å². The molecule has 0 bridgehead atoms. The smallest absolute Gasteiger partial charge is 0.497 e. The van der Waals surface area contributed by atoms with Crippen LogP contribution in [0, 0.1) is 0 Å².